The van der Waals surface area contributed by atoms with Gasteiger partial charge in [0.05, 0.1) is 24.7 Å². The first-order valence-corrected chi connectivity index (χ1v) is 8.97. The summed E-state index contributed by atoms with van der Waals surface area (Å²) in [5.41, 5.74) is 3.10. The van der Waals surface area contributed by atoms with E-state index >= 15 is 0 Å². The molecule has 0 unspecified atom stereocenters. The maximum absolute atomic E-state index is 13.5. The molecule has 0 spiro atoms. The molecule has 0 saturated carbocycles. The van der Waals surface area contributed by atoms with E-state index in [2.05, 4.69) is 16.4 Å². The number of aryl methyl sites for hydroxylation is 1. The molecule has 0 atom stereocenters. The Morgan fingerprint density at radius 3 is 2.63 bits per heavy atom. The van der Waals surface area contributed by atoms with E-state index in [1.165, 1.54) is 0 Å². The number of hydrogen-bond acceptors (Lipinski definition) is 4. The number of hydrogen-bond donors (Lipinski definition) is 1. The lowest BCUT2D eigenvalue weighted by molar-refractivity contribution is 0.268. The molecule has 2 heterocycles. The Hall–Kier alpha value is -3.25. The third-order valence-corrected chi connectivity index (χ3v) is 4.64. The van der Waals surface area contributed by atoms with E-state index in [0.29, 0.717) is 17.6 Å². The number of pyridine rings is 1. The van der Waals surface area contributed by atoms with Crippen molar-refractivity contribution in [3.63, 3.8) is 0 Å². The number of para-hydroxylation sites is 1. The van der Waals surface area contributed by atoms with Gasteiger partial charge in [-0.1, -0.05) is 48.5 Å². The predicted molar refractivity (Wildman–Crippen MR) is 105 cm³/mol. The molecule has 0 fully saturated rings. The normalized spacial score (nSPS) is 11.2. The molecule has 1 N–H and O–H groups in total. The molecule has 2 aromatic heterocycles. The van der Waals surface area contributed by atoms with Crippen LogP contribution in [0.25, 0.3) is 27.7 Å². The quantitative estimate of drug-likeness (QED) is 0.594. The lowest BCUT2D eigenvalue weighted by Gasteiger charge is -2.14. The highest BCUT2D eigenvalue weighted by atomic mass is 16.3. The van der Waals surface area contributed by atoms with Gasteiger partial charge in [-0.25, -0.2) is 4.68 Å². The summed E-state index contributed by atoms with van der Waals surface area (Å²) in [6.07, 6.45) is 2.50. The number of benzene rings is 2. The molecular formula is C21H20N4O2. The smallest absolute Gasteiger partial charge is 0.263 e. The molecule has 0 bridgehead atoms. The van der Waals surface area contributed by atoms with Crippen molar-refractivity contribution in [3.8, 4) is 16.9 Å². The van der Waals surface area contributed by atoms with Gasteiger partial charge in [0.25, 0.3) is 5.56 Å². The summed E-state index contributed by atoms with van der Waals surface area (Å²) in [4.78, 5) is 13.5. The van der Waals surface area contributed by atoms with E-state index in [1.807, 2.05) is 55.5 Å². The molecule has 2 aromatic carbocycles. The van der Waals surface area contributed by atoms with E-state index in [-0.39, 0.29) is 12.2 Å². The highest BCUT2D eigenvalue weighted by Gasteiger charge is 2.15. The summed E-state index contributed by atoms with van der Waals surface area (Å²) in [6.45, 7) is 2.40. The number of aliphatic hydroxyl groups excluding tert-OH is 1. The summed E-state index contributed by atoms with van der Waals surface area (Å²) in [6, 6.07) is 17.5. The van der Waals surface area contributed by atoms with Crippen LogP contribution in [0.5, 0.6) is 0 Å². The predicted octanol–water partition coefficient (Wildman–Crippen LogP) is 2.80. The highest BCUT2D eigenvalue weighted by Crippen LogP contribution is 2.26. The second-order valence-corrected chi connectivity index (χ2v) is 6.33. The second kappa shape index (κ2) is 7.17. The first kappa shape index (κ1) is 17.2. The number of aromatic nitrogens is 4. The van der Waals surface area contributed by atoms with Crippen LogP contribution in [-0.2, 0) is 13.0 Å². The number of aliphatic hydroxyl groups is 1. The van der Waals surface area contributed by atoms with Gasteiger partial charge >= 0.3 is 0 Å². The summed E-state index contributed by atoms with van der Waals surface area (Å²) < 4.78 is 3.34. The first-order valence-electron chi connectivity index (χ1n) is 8.97. The number of rotatable bonds is 5. The van der Waals surface area contributed by atoms with Crippen molar-refractivity contribution < 1.29 is 5.11 Å². The summed E-state index contributed by atoms with van der Waals surface area (Å²) in [7, 11) is 0. The van der Waals surface area contributed by atoms with Crippen LogP contribution in [0.4, 0.5) is 0 Å². The lowest BCUT2D eigenvalue weighted by Crippen LogP contribution is -2.22. The van der Waals surface area contributed by atoms with Crippen molar-refractivity contribution in [2.75, 3.05) is 6.61 Å². The molecule has 4 rings (SSSR count). The third kappa shape index (κ3) is 3.04. The van der Waals surface area contributed by atoms with Gasteiger partial charge in [0.2, 0.25) is 0 Å². The number of nitrogens with zero attached hydrogens (tertiary/aromatic N) is 4. The fraction of sp³-hybridized carbons (Fsp3) is 0.190. The van der Waals surface area contributed by atoms with Crippen molar-refractivity contribution in [2.45, 2.75) is 19.9 Å². The van der Waals surface area contributed by atoms with Crippen molar-refractivity contribution in [1.82, 2.24) is 19.6 Å². The Balaban J connectivity index is 2.01. The topological polar surface area (TPSA) is 72.9 Å². The van der Waals surface area contributed by atoms with Crippen LogP contribution in [0.2, 0.25) is 0 Å². The highest BCUT2D eigenvalue weighted by molar-refractivity contribution is 5.95. The minimum Gasteiger partial charge on any atom is -0.394 e. The molecule has 0 aliphatic rings. The van der Waals surface area contributed by atoms with Crippen molar-refractivity contribution >= 4 is 10.8 Å². The van der Waals surface area contributed by atoms with Gasteiger partial charge in [-0.2, -0.15) is 0 Å². The zero-order chi connectivity index (χ0) is 18.8. The minimum atomic E-state index is -0.0668. The van der Waals surface area contributed by atoms with Gasteiger partial charge in [0, 0.05) is 16.9 Å². The van der Waals surface area contributed by atoms with Crippen molar-refractivity contribution in [3.05, 3.63) is 76.8 Å². The monoisotopic (exact) mass is 360 g/mol. The van der Waals surface area contributed by atoms with E-state index in [0.717, 1.165) is 28.8 Å². The molecule has 0 aliphatic heterocycles. The molecular weight excluding hydrogens is 340 g/mol. The Bertz CT molecular complexity index is 1150. The molecule has 6 nitrogen and oxygen atoms in total. The largest absolute Gasteiger partial charge is 0.394 e. The van der Waals surface area contributed by atoms with Crippen LogP contribution in [0.3, 0.4) is 0 Å². The van der Waals surface area contributed by atoms with E-state index < -0.39 is 0 Å². The molecule has 27 heavy (non-hydrogen) atoms. The molecule has 0 saturated heterocycles. The molecule has 0 radical (unpaired) electrons. The lowest BCUT2D eigenvalue weighted by atomic mass is 10.0. The van der Waals surface area contributed by atoms with Gasteiger partial charge in [-0.05, 0) is 30.0 Å². The van der Waals surface area contributed by atoms with Crippen LogP contribution in [0.15, 0.2) is 65.6 Å². The standard InChI is InChI=1S/C21H20N4O2/c1-2-16-13-15-7-6-10-18(19-14-24(11-12-26)23-22-19)20(15)21(27)25(16)17-8-4-3-5-9-17/h3-10,13-14,26H,2,11-12H2,1H3. The molecule has 4 aromatic rings. The summed E-state index contributed by atoms with van der Waals surface area (Å²) >= 11 is 0. The van der Waals surface area contributed by atoms with Crippen LogP contribution in [0.1, 0.15) is 12.6 Å². The third-order valence-electron chi connectivity index (χ3n) is 4.64. The van der Waals surface area contributed by atoms with Gasteiger partial charge in [-0.15, -0.1) is 5.10 Å². The van der Waals surface area contributed by atoms with Gasteiger partial charge < -0.3 is 5.11 Å². The van der Waals surface area contributed by atoms with Gasteiger partial charge in [-0.3, -0.25) is 9.36 Å². The van der Waals surface area contributed by atoms with Crippen LogP contribution < -0.4 is 5.56 Å². The van der Waals surface area contributed by atoms with E-state index in [1.54, 1.807) is 15.4 Å². The summed E-state index contributed by atoms with van der Waals surface area (Å²) in [5.74, 6) is 0. The summed E-state index contributed by atoms with van der Waals surface area (Å²) in [5, 5.41) is 18.8. The minimum absolute atomic E-state index is 0.0149. The molecule has 0 aliphatic carbocycles. The van der Waals surface area contributed by atoms with Gasteiger partial charge in [0.15, 0.2) is 0 Å². The average Bonchev–Trinajstić information content (AvgIpc) is 3.16. The van der Waals surface area contributed by atoms with Gasteiger partial charge in [0.1, 0.15) is 5.69 Å². The van der Waals surface area contributed by atoms with Crippen LogP contribution in [-0.4, -0.2) is 31.3 Å². The van der Waals surface area contributed by atoms with Crippen molar-refractivity contribution in [1.29, 1.82) is 0 Å². The van der Waals surface area contributed by atoms with Crippen molar-refractivity contribution in [2.24, 2.45) is 0 Å². The second-order valence-electron chi connectivity index (χ2n) is 6.33. The average molecular weight is 360 g/mol. The Kier molecular flexibility index (Phi) is 4.56. The Morgan fingerprint density at radius 2 is 1.89 bits per heavy atom. The van der Waals surface area contributed by atoms with Crippen LogP contribution >= 0.6 is 0 Å². The fourth-order valence-corrected chi connectivity index (χ4v) is 3.38. The maximum atomic E-state index is 13.5. The van der Waals surface area contributed by atoms with E-state index in [4.69, 9.17) is 5.11 Å². The molecule has 6 heteroatoms. The Labute approximate surface area is 156 Å². The first-order chi connectivity index (χ1) is 13.2. The SMILES string of the molecule is CCc1cc2cccc(-c3cn(CCO)nn3)c2c(=O)n1-c1ccccc1. The number of fused-ring (bicyclic) bond motifs is 1. The maximum Gasteiger partial charge on any atom is 0.263 e. The molecule has 136 valence electrons. The van der Waals surface area contributed by atoms with E-state index in [9.17, 15) is 4.79 Å². The Morgan fingerprint density at radius 1 is 1.07 bits per heavy atom. The zero-order valence-corrected chi connectivity index (χ0v) is 15.0. The fourth-order valence-electron chi connectivity index (χ4n) is 3.38. The molecule has 0 amide bonds. The van der Waals surface area contributed by atoms with Crippen LogP contribution in [0, 0.1) is 0 Å². The zero-order valence-electron chi connectivity index (χ0n) is 15.0.